The molecule has 3 heterocycles. The van der Waals surface area contributed by atoms with Crippen molar-refractivity contribution >= 4 is 46.2 Å². The van der Waals surface area contributed by atoms with Crippen molar-refractivity contribution in [1.29, 1.82) is 0 Å². The number of nitrogens with one attached hydrogen (secondary N) is 1. The van der Waals surface area contributed by atoms with Gasteiger partial charge in [-0.05, 0) is 103 Å². The Morgan fingerprint density at radius 2 is 1.57 bits per heavy atom. The number of benzene rings is 3. The molecular weight excluding hydrogens is 563 g/mol. The molecule has 9 heteroatoms. The van der Waals surface area contributed by atoms with Gasteiger partial charge in [0.1, 0.15) is 23.3 Å². The second-order valence-electron chi connectivity index (χ2n) is 9.17. The molecule has 1 N–H and O–H groups in total. The van der Waals surface area contributed by atoms with Gasteiger partial charge in [-0.3, -0.25) is 4.98 Å². The Hall–Kier alpha value is -4.04. The average Bonchev–Trinajstić information content (AvgIpc) is 3.58. The van der Waals surface area contributed by atoms with E-state index in [1.165, 1.54) is 0 Å². The number of rotatable bonds is 7. The largest absolute Gasteiger partial charge is 0.497 e. The summed E-state index contributed by atoms with van der Waals surface area (Å²) in [4.78, 5) is 6.77. The topological polar surface area (TPSA) is 51.6 Å². The molecular formula is C31H24Cl2N4O2S. The van der Waals surface area contributed by atoms with Crippen LogP contribution in [0.15, 0.2) is 109 Å². The zero-order chi connectivity index (χ0) is 27.6. The minimum Gasteiger partial charge on any atom is -0.497 e. The Morgan fingerprint density at radius 1 is 0.850 bits per heavy atom. The SMILES string of the molecule is COc1ccc(Oc2ccc(N3C(=S)N[C@@H](c4ccccn4)[C@@H]3c3cccn3-c3ccc(Cl)cc3Cl)cc2)cc1. The third-order valence-electron chi connectivity index (χ3n) is 6.76. The number of thiocarbonyl (C=S) groups is 1. The molecule has 0 saturated carbocycles. The van der Waals surface area contributed by atoms with Crippen molar-refractivity contribution in [2.24, 2.45) is 0 Å². The van der Waals surface area contributed by atoms with E-state index in [0.29, 0.717) is 20.9 Å². The van der Waals surface area contributed by atoms with Crippen LogP contribution in [-0.2, 0) is 0 Å². The van der Waals surface area contributed by atoms with Gasteiger partial charge in [0.25, 0.3) is 0 Å². The Kier molecular flexibility index (Phi) is 7.34. The van der Waals surface area contributed by atoms with Gasteiger partial charge in [0.05, 0.1) is 29.6 Å². The van der Waals surface area contributed by atoms with Gasteiger partial charge in [0.15, 0.2) is 5.11 Å². The first-order valence-corrected chi connectivity index (χ1v) is 13.7. The summed E-state index contributed by atoms with van der Waals surface area (Å²) in [6.45, 7) is 0. The van der Waals surface area contributed by atoms with Crippen LogP contribution in [-0.4, -0.2) is 21.8 Å². The third-order valence-corrected chi connectivity index (χ3v) is 7.61. The summed E-state index contributed by atoms with van der Waals surface area (Å²) in [5.41, 5.74) is 3.61. The molecule has 6 rings (SSSR count). The van der Waals surface area contributed by atoms with Crippen LogP contribution in [0.25, 0.3) is 5.69 Å². The molecule has 0 bridgehead atoms. The van der Waals surface area contributed by atoms with Crippen LogP contribution in [0.3, 0.4) is 0 Å². The van der Waals surface area contributed by atoms with Crippen molar-refractivity contribution in [3.8, 4) is 22.9 Å². The summed E-state index contributed by atoms with van der Waals surface area (Å²) >= 11 is 18.7. The fourth-order valence-corrected chi connectivity index (χ4v) is 5.76. The molecule has 1 fully saturated rings. The van der Waals surface area contributed by atoms with Gasteiger partial charge in [0, 0.05) is 28.8 Å². The monoisotopic (exact) mass is 586 g/mol. The third kappa shape index (κ3) is 5.11. The van der Waals surface area contributed by atoms with E-state index in [4.69, 9.17) is 44.9 Å². The Morgan fingerprint density at radius 3 is 2.25 bits per heavy atom. The first kappa shape index (κ1) is 26.2. The number of ether oxygens (including phenoxy) is 2. The van der Waals surface area contributed by atoms with E-state index in [-0.39, 0.29) is 12.1 Å². The average molecular weight is 588 g/mol. The predicted molar refractivity (Wildman–Crippen MR) is 163 cm³/mol. The Bertz CT molecular complexity index is 1640. The van der Waals surface area contributed by atoms with Gasteiger partial charge in [-0.15, -0.1) is 0 Å². The molecule has 0 amide bonds. The van der Waals surface area contributed by atoms with Crippen molar-refractivity contribution in [3.63, 3.8) is 0 Å². The standard InChI is InChI=1S/C31H24Cl2N4O2S/c1-38-22-12-14-24(15-13-22)39-23-10-8-21(9-11-23)37-30(29(35-31(37)40)26-5-2-3-17-34-26)28-6-4-18-36(28)27-16-7-20(32)19-25(27)33/h2-19,29-30H,1H3,(H,35,40)/t29-,30-/m0/s1. The minimum atomic E-state index is -0.225. The fourth-order valence-electron chi connectivity index (χ4n) is 4.92. The summed E-state index contributed by atoms with van der Waals surface area (Å²) < 4.78 is 13.4. The van der Waals surface area contributed by atoms with Gasteiger partial charge < -0.3 is 24.3 Å². The minimum absolute atomic E-state index is 0.205. The highest BCUT2D eigenvalue weighted by atomic mass is 35.5. The number of anilines is 1. The number of hydrogen-bond acceptors (Lipinski definition) is 4. The van der Waals surface area contributed by atoms with E-state index in [0.717, 1.165) is 34.3 Å². The van der Waals surface area contributed by atoms with Gasteiger partial charge in [-0.25, -0.2) is 0 Å². The molecule has 40 heavy (non-hydrogen) atoms. The number of methoxy groups -OCH3 is 1. The molecule has 1 aliphatic rings. The van der Waals surface area contributed by atoms with Crippen LogP contribution in [0.1, 0.15) is 23.5 Å². The van der Waals surface area contributed by atoms with Gasteiger partial charge in [-0.2, -0.15) is 0 Å². The molecule has 0 aliphatic carbocycles. The highest BCUT2D eigenvalue weighted by molar-refractivity contribution is 7.80. The first-order chi connectivity index (χ1) is 19.5. The highest BCUT2D eigenvalue weighted by Gasteiger charge is 2.42. The van der Waals surface area contributed by atoms with Crippen molar-refractivity contribution < 1.29 is 9.47 Å². The summed E-state index contributed by atoms with van der Waals surface area (Å²) in [6.07, 6.45) is 3.78. The zero-order valence-electron chi connectivity index (χ0n) is 21.4. The van der Waals surface area contributed by atoms with Gasteiger partial charge >= 0.3 is 0 Å². The maximum atomic E-state index is 6.64. The van der Waals surface area contributed by atoms with Crippen LogP contribution in [0, 0.1) is 0 Å². The second-order valence-corrected chi connectivity index (χ2v) is 10.4. The maximum Gasteiger partial charge on any atom is 0.174 e. The summed E-state index contributed by atoms with van der Waals surface area (Å²) in [5, 5.41) is 5.24. The molecule has 6 nitrogen and oxygen atoms in total. The van der Waals surface area contributed by atoms with Gasteiger partial charge in [0.2, 0.25) is 0 Å². The number of halogens is 2. The lowest BCUT2D eigenvalue weighted by Gasteiger charge is -2.29. The molecule has 5 aromatic rings. The number of hydrogen-bond donors (Lipinski definition) is 1. The quantitative estimate of drug-likeness (QED) is 0.194. The molecule has 200 valence electrons. The molecule has 1 aliphatic heterocycles. The van der Waals surface area contributed by atoms with Crippen LogP contribution in [0.2, 0.25) is 10.0 Å². The van der Waals surface area contributed by atoms with E-state index >= 15 is 0 Å². The highest BCUT2D eigenvalue weighted by Crippen LogP contribution is 2.43. The van der Waals surface area contributed by atoms with Crippen LogP contribution in [0.5, 0.6) is 17.2 Å². The lowest BCUT2D eigenvalue weighted by Crippen LogP contribution is -2.30. The van der Waals surface area contributed by atoms with E-state index in [1.54, 1.807) is 19.4 Å². The van der Waals surface area contributed by atoms with Crippen LogP contribution >= 0.6 is 35.4 Å². The van der Waals surface area contributed by atoms with Crippen molar-refractivity contribution in [2.75, 3.05) is 12.0 Å². The van der Waals surface area contributed by atoms with E-state index < -0.39 is 0 Å². The molecule has 0 spiro atoms. The lowest BCUT2D eigenvalue weighted by molar-refractivity contribution is 0.413. The Balaban J connectivity index is 1.38. The van der Waals surface area contributed by atoms with Crippen molar-refractivity contribution in [2.45, 2.75) is 12.1 Å². The molecule has 2 atom stereocenters. The molecule has 2 aromatic heterocycles. The maximum absolute atomic E-state index is 6.64. The summed E-state index contributed by atoms with van der Waals surface area (Å²) in [6, 6.07) is 30.4. The Labute approximate surface area is 247 Å². The van der Waals surface area contributed by atoms with E-state index in [1.807, 2.05) is 91.1 Å². The van der Waals surface area contributed by atoms with Crippen LogP contribution in [0.4, 0.5) is 5.69 Å². The predicted octanol–water partition coefficient (Wildman–Crippen LogP) is 8.16. The van der Waals surface area contributed by atoms with Gasteiger partial charge in [-0.1, -0.05) is 29.3 Å². The van der Waals surface area contributed by atoms with Crippen molar-refractivity contribution in [1.82, 2.24) is 14.9 Å². The normalized spacial score (nSPS) is 16.6. The molecule has 0 unspecified atom stereocenters. The number of nitrogens with zero attached hydrogens (tertiary/aromatic N) is 3. The molecule has 3 aromatic carbocycles. The van der Waals surface area contributed by atoms with E-state index in [9.17, 15) is 0 Å². The zero-order valence-corrected chi connectivity index (χ0v) is 23.7. The van der Waals surface area contributed by atoms with E-state index in [2.05, 4.69) is 25.8 Å². The van der Waals surface area contributed by atoms with Crippen molar-refractivity contribution in [3.05, 3.63) is 131 Å². The van der Waals surface area contributed by atoms with Crippen LogP contribution < -0.4 is 19.7 Å². The molecule has 1 saturated heterocycles. The second kappa shape index (κ2) is 11.2. The summed E-state index contributed by atoms with van der Waals surface area (Å²) in [7, 11) is 1.64. The summed E-state index contributed by atoms with van der Waals surface area (Å²) in [5.74, 6) is 2.20. The smallest absolute Gasteiger partial charge is 0.174 e. The molecule has 0 radical (unpaired) electrons. The first-order valence-electron chi connectivity index (χ1n) is 12.6. The fraction of sp³-hybridized carbons (Fsp3) is 0.0968. The lowest BCUT2D eigenvalue weighted by atomic mass is 10.0. The number of aromatic nitrogens is 2. The number of pyridine rings is 1.